The second kappa shape index (κ2) is 5.88. The molecule has 2 bridgehead atoms. The zero-order valence-electron chi connectivity index (χ0n) is 12.4. The summed E-state index contributed by atoms with van der Waals surface area (Å²) in [5.41, 5.74) is 1.91. The molecule has 4 unspecified atom stereocenters. The van der Waals surface area contributed by atoms with E-state index in [2.05, 4.69) is 42.5 Å². The summed E-state index contributed by atoms with van der Waals surface area (Å²) < 4.78 is 0. The summed E-state index contributed by atoms with van der Waals surface area (Å²) in [6.45, 7) is 1.68. The summed E-state index contributed by atoms with van der Waals surface area (Å²) in [4.78, 5) is 10.9. The number of benzene rings is 1. The lowest BCUT2D eigenvalue weighted by Gasteiger charge is -2.28. The number of carbonyl (C=O) groups is 1. The van der Waals surface area contributed by atoms with E-state index in [1.165, 1.54) is 12.0 Å². The molecule has 0 aromatic heterocycles. The number of allylic oxidation sites excluding steroid dienone is 3. The van der Waals surface area contributed by atoms with Gasteiger partial charge in [-0.1, -0.05) is 48.6 Å². The molecule has 4 atom stereocenters. The molecule has 0 heterocycles. The second-order valence-corrected chi connectivity index (χ2v) is 6.32. The van der Waals surface area contributed by atoms with Gasteiger partial charge < -0.3 is 5.11 Å². The molecule has 0 saturated heterocycles. The van der Waals surface area contributed by atoms with E-state index < -0.39 is 5.97 Å². The van der Waals surface area contributed by atoms with Gasteiger partial charge in [-0.05, 0) is 55.4 Å². The Morgan fingerprint density at radius 3 is 2.67 bits per heavy atom. The van der Waals surface area contributed by atoms with Gasteiger partial charge in [0.15, 0.2) is 0 Å². The van der Waals surface area contributed by atoms with Crippen molar-refractivity contribution in [2.45, 2.75) is 32.1 Å². The summed E-state index contributed by atoms with van der Waals surface area (Å²) in [5, 5.41) is 8.93. The molecule has 3 rings (SSSR count). The zero-order valence-corrected chi connectivity index (χ0v) is 12.4. The fourth-order valence-electron chi connectivity index (χ4n) is 4.07. The number of aliphatic carboxylic acids is 1. The fraction of sp³-hybridized carbons (Fsp3) is 0.421. The summed E-state index contributed by atoms with van der Waals surface area (Å²) >= 11 is 0. The SMILES string of the molecule is CC(=CCCC1C2C=CC(C2)C1c1ccccc1)C(=O)O. The first-order valence-electron chi connectivity index (χ1n) is 7.80. The van der Waals surface area contributed by atoms with Crippen LogP contribution >= 0.6 is 0 Å². The van der Waals surface area contributed by atoms with E-state index in [1.807, 2.05) is 6.08 Å². The quantitative estimate of drug-likeness (QED) is 0.642. The molecule has 21 heavy (non-hydrogen) atoms. The average Bonchev–Trinajstić information content (AvgIpc) is 3.09. The number of rotatable bonds is 5. The highest BCUT2D eigenvalue weighted by Crippen LogP contribution is 2.54. The molecule has 1 aromatic carbocycles. The van der Waals surface area contributed by atoms with Crippen molar-refractivity contribution >= 4 is 5.97 Å². The molecule has 1 aromatic rings. The minimum Gasteiger partial charge on any atom is -0.478 e. The van der Waals surface area contributed by atoms with E-state index in [4.69, 9.17) is 5.11 Å². The van der Waals surface area contributed by atoms with Gasteiger partial charge in [0.1, 0.15) is 0 Å². The number of carboxylic acid groups (broad SMARTS) is 1. The van der Waals surface area contributed by atoms with Crippen molar-refractivity contribution in [1.82, 2.24) is 0 Å². The lowest BCUT2D eigenvalue weighted by Crippen LogP contribution is -2.17. The van der Waals surface area contributed by atoms with Crippen LogP contribution in [0.15, 0.2) is 54.1 Å². The second-order valence-electron chi connectivity index (χ2n) is 6.32. The van der Waals surface area contributed by atoms with E-state index >= 15 is 0 Å². The Kier molecular flexibility index (Phi) is 3.96. The first-order chi connectivity index (χ1) is 10.2. The van der Waals surface area contributed by atoms with Gasteiger partial charge in [0.25, 0.3) is 0 Å². The Bertz CT molecular complexity index is 570. The Morgan fingerprint density at radius 1 is 1.24 bits per heavy atom. The Labute approximate surface area is 126 Å². The van der Waals surface area contributed by atoms with Crippen molar-refractivity contribution in [2.24, 2.45) is 17.8 Å². The lowest BCUT2D eigenvalue weighted by molar-refractivity contribution is -0.132. The van der Waals surface area contributed by atoms with E-state index in [9.17, 15) is 4.79 Å². The first-order valence-corrected chi connectivity index (χ1v) is 7.80. The monoisotopic (exact) mass is 282 g/mol. The molecule has 1 fully saturated rings. The molecule has 1 N–H and O–H groups in total. The highest BCUT2D eigenvalue weighted by Gasteiger charge is 2.44. The van der Waals surface area contributed by atoms with Crippen LogP contribution in [0.5, 0.6) is 0 Å². The number of hydrogen-bond acceptors (Lipinski definition) is 1. The molecular formula is C19H22O2. The fourth-order valence-corrected chi connectivity index (χ4v) is 4.07. The number of fused-ring (bicyclic) bond motifs is 2. The maximum absolute atomic E-state index is 10.9. The van der Waals surface area contributed by atoms with Crippen LogP contribution in [0.2, 0.25) is 0 Å². The zero-order chi connectivity index (χ0) is 14.8. The van der Waals surface area contributed by atoms with Crippen molar-refractivity contribution in [3.8, 4) is 0 Å². The van der Waals surface area contributed by atoms with Crippen molar-refractivity contribution < 1.29 is 9.90 Å². The summed E-state index contributed by atoms with van der Waals surface area (Å²) in [7, 11) is 0. The molecule has 110 valence electrons. The molecule has 2 aliphatic carbocycles. The Balaban J connectivity index is 1.73. The maximum atomic E-state index is 10.9. The normalized spacial score (nSPS) is 30.8. The van der Waals surface area contributed by atoms with Crippen LogP contribution in [0.3, 0.4) is 0 Å². The highest BCUT2D eigenvalue weighted by atomic mass is 16.4. The van der Waals surface area contributed by atoms with Crippen molar-refractivity contribution in [1.29, 1.82) is 0 Å². The van der Waals surface area contributed by atoms with Gasteiger partial charge in [-0.25, -0.2) is 4.79 Å². The summed E-state index contributed by atoms with van der Waals surface area (Å²) in [6, 6.07) is 10.8. The van der Waals surface area contributed by atoms with E-state index in [0.29, 0.717) is 29.2 Å². The van der Waals surface area contributed by atoms with Crippen LogP contribution in [0.25, 0.3) is 0 Å². The molecular weight excluding hydrogens is 260 g/mol. The molecule has 0 aliphatic heterocycles. The Morgan fingerprint density at radius 2 is 1.95 bits per heavy atom. The third-order valence-electron chi connectivity index (χ3n) is 5.09. The van der Waals surface area contributed by atoms with Crippen LogP contribution in [0, 0.1) is 17.8 Å². The van der Waals surface area contributed by atoms with Crippen molar-refractivity contribution in [3.63, 3.8) is 0 Å². The highest BCUT2D eigenvalue weighted by molar-refractivity contribution is 5.85. The van der Waals surface area contributed by atoms with Crippen molar-refractivity contribution in [3.05, 3.63) is 59.7 Å². The van der Waals surface area contributed by atoms with E-state index in [1.54, 1.807) is 6.92 Å². The number of hydrogen-bond donors (Lipinski definition) is 1. The Hall–Kier alpha value is -1.83. The molecule has 1 saturated carbocycles. The van der Waals surface area contributed by atoms with Gasteiger partial charge in [0.2, 0.25) is 0 Å². The van der Waals surface area contributed by atoms with Gasteiger partial charge in [-0.15, -0.1) is 0 Å². The van der Waals surface area contributed by atoms with E-state index in [-0.39, 0.29) is 0 Å². The minimum atomic E-state index is -0.803. The topological polar surface area (TPSA) is 37.3 Å². The third kappa shape index (κ3) is 2.80. The van der Waals surface area contributed by atoms with Crippen molar-refractivity contribution in [2.75, 3.05) is 0 Å². The van der Waals surface area contributed by atoms with E-state index in [0.717, 1.165) is 12.8 Å². The van der Waals surface area contributed by atoms with Crippen LogP contribution < -0.4 is 0 Å². The van der Waals surface area contributed by atoms with Gasteiger partial charge >= 0.3 is 5.97 Å². The van der Waals surface area contributed by atoms with Crippen LogP contribution in [-0.2, 0) is 4.79 Å². The van der Waals surface area contributed by atoms with Gasteiger partial charge in [0, 0.05) is 5.57 Å². The molecule has 2 aliphatic rings. The minimum absolute atomic E-state index is 0.463. The molecule has 2 heteroatoms. The molecule has 2 nitrogen and oxygen atoms in total. The predicted molar refractivity (Wildman–Crippen MR) is 84.0 cm³/mol. The molecule has 0 radical (unpaired) electrons. The smallest absolute Gasteiger partial charge is 0.330 e. The third-order valence-corrected chi connectivity index (χ3v) is 5.09. The molecule has 0 spiro atoms. The molecule has 0 amide bonds. The lowest BCUT2D eigenvalue weighted by atomic mass is 9.76. The number of carboxylic acids is 1. The van der Waals surface area contributed by atoms with Gasteiger partial charge in [-0.3, -0.25) is 0 Å². The van der Waals surface area contributed by atoms with Crippen LogP contribution in [0.1, 0.15) is 37.7 Å². The van der Waals surface area contributed by atoms with Gasteiger partial charge in [0.05, 0.1) is 0 Å². The van der Waals surface area contributed by atoms with Gasteiger partial charge in [-0.2, -0.15) is 0 Å². The largest absolute Gasteiger partial charge is 0.478 e. The van der Waals surface area contributed by atoms with Crippen LogP contribution in [-0.4, -0.2) is 11.1 Å². The summed E-state index contributed by atoms with van der Waals surface area (Å²) in [5.74, 6) is 1.81. The average molecular weight is 282 g/mol. The summed E-state index contributed by atoms with van der Waals surface area (Å²) in [6.07, 6.45) is 9.85. The van der Waals surface area contributed by atoms with Crippen LogP contribution in [0.4, 0.5) is 0 Å². The standard InChI is InChI=1S/C19H22O2/c1-13(19(20)21)6-5-9-17-15-10-11-16(12-15)18(17)14-7-3-2-4-8-14/h2-4,6-8,10-11,15-18H,5,9,12H2,1H3,(H,20,21). The first kappa shape index (κ1) is 14.1. The predicted octanol–water partition coefficient (Wildman–Crippen LogP) is 4.40. The maximum Gasteiger partial charge on any atom is 0.330 e.